The Labute approximate surface area is 114 Å². The minimum absolute atomic E-state index is 0.127. The summed E-state index contributed by atoms with van der Waals surface area (Å²) in [4.78, 5) is 13.7. The van der Waals surface area contributed by atoms with Gasteiger partial charge in [0, 0.05) is 13.1 Å². The average molecular weight is 271 g/mol. The molecule has 0 aromatic rings. The van der Waals surface area contributed by atoms with E-state index in [1.165, 1.54) is 0 Å². The van der Waals surface area contributed by atoms with E-state index < -0.39 is 5.60 Å². The van der Waals surface area contributed by atoms with Gasteiger partial charge in [0.2, 0.25) is 0 Å². The first-order valence-corrected chi connectivity index (χ1v) is 7.10. The minimum atomic E-state index is -0.447. The van der Waals surface area contributed by atoms with Gasteiger partial charge in [-0.1, -0.05) is 0 Å². The summed E-state index contributed by atoms with van der Waals surface area (Å²) in [7, 11) is 0. The van der Waals surface area contributed by atoms with Crippen LogP contribution in [-0.4, -0.2) is 53.1 Å². The third-order valence-electron chi connectivity index (χ3n) is 3.84. The summed E-state index contributed by atoms with van der Waals surface area (Å²) in [6.07, 6.45) is 2.79. The number of likely N-dealkylation sites (tertiary alicyclic amines) is 1. The Hall–Kier alpha value is -0.810. The zero-order chi connectivity index (χ0) is 14.1. The van der Waals surface area contributed by atoms with Gasteiger partial charge in [-0.05, 0) is 46.5 Å². The standard InChI is InChI=1S/C14H25NO4/c1-13(2,3)19-12(17)15-8-6-14(7-9-15)5-4-11(16)10-18-14/h11,16H,4-10H2,1-3H3/t11-/m1/s1. The molecule has 2 saturated heterocycles. The fourth-order valence-electron chi connectivity index (χ4n) is 2.68. The zero-order valence-corrected chi connectivity index (χ0v) is 12.1. The first-order valence-electron chi connectivity index (χ1n) is 7.10. The maximum Gasteiger partial charge on any atom is 0.410 e. The van der Waals surface area contributed by atoms with Crippen molar-refractivity contribution in [2.45, 2.75) is 63.8 Å². The molecule has 2 aliphatic heterocycles. The van der Waals surface area contributed by atoms with Crippen LogP contribution in [0, 0.1) is 0 Å². The molecule has 2 heterocycles. The third kappa shape index (κ3) is 3.83. The summed E-state index contributed by atoms with van der Waals surface area (Å²) in [6, 6.07) is 0. The number of nitrogens with zero attached hydrogens (tertiary/aromatic N) is 1. The van der Waals surface area contributed by atoms with Gasteiger partial charge < -0.3 is 19.5 Å². The topological polar surface area (TPSA) is 59.0 Å². The lowest BCUT2D eigenvalue weighted by Crippen LogP contribution is -2.51. The van der Waals surface area contributed by atoms with E-state index in [1.54, 1.807) is 4.90 Å². The predicted molar refractivity (Wildman–Crippen MR) is 71.0 cm³/mol. The van der Waals surface area contributed by atoms with Crippen LogP contribution in [0.15, 0.2) is 0 Å². The molecule has 0 saturated carbocycles. The summed E-state index contributed by atoms with van der Waals surface area (Å²) in [5, 5.41) is 9.48. The number of hydrogen-bond donors (Lipinski definition) is 1. The Morgan fingerprint density at radius 2 is 1.95 bits per heavy atom. The van der Waals surface area contributed by atoms with Crippen LogP contribution in [0.4, 0.5) is 4.79 Å². The van der Waals surface area contributed by atoms with Gasteiger partial charge in [0.1, 0.15) is 5.60 Å². The summed E-state index contributed by atoms with van der Waals surface area (Å²) in [5.41, 5.74) is -0.574. The van der Waals surface area contributed by atoms with Crippen molar-refractivity contribution in [1.82, 2.24) is 4.90 Å². The van der Waals surface area contributed by atoms with Crippen molar-refractivity contribution < 1.29 is 19.4 Å². The molecule has 19 heavy (non-hydrogen) atoms. The molecule has 5 heteroatoms. The van der Waals surface area contributed by atoms with Gasteiger partial charge in [-0.15, -0.1) is 0 Å². The number of aliphatic hydroxyl groups is 1. The SMILES string of the molecule is CC(C)(C)OC(=O)N1CCC2(CC[C@@H](O)CO2)CC1. The van der Waals surface area contributed by atoms with Crippen LogP contribution in [0.25, 0.3) is 0 Å². The highest BCUT2D eigenvalue weighted by Gasteiger charge is 2.40. The Morgan fingerprint density at radius 1 is 1.32 bits per heavy atom. The van der Waals surface area contributed by atoms with E-state index in [0.29, 0.717) is 19.7 Å². The number of aliphatic hydroxyl groups excluding tert-OH is 1. The summed E-state index contributed by atoms with van der Waals surface area (Å²) < 4.78 is 11.2. The van der Waals surface area contributed by atoms with Crippen molar-refractivity contribution in [2.75, 3.05) is 19.7 Å². The van der Waals surface area contributed by atoms with Crippen LogP contribution >= 0.6 is 0 Å². The highest BCUT2D eigenvalue weighted by molar-refractivity contribution is 5.68. The second kappa shape index (κ2) is 5.29. The Bertz CT molecular complexity index is 319. The molecule has 0 unspecified atom stereocenters. The molecule has 0 aromatic carbocycles. The molecule has 1 amide bonds. The fourth-order valence-corrected chi connectivity index (χ4v) is 2.68. The van der Waals surface area contributed by atoms with Crippen LogP contribution < -0.4 is 0 Å². The van der Waals surface area contributed by atoms with Crippen LogP contribution in [0.3, 0.4) is 0 Å². The molecule has 2 fully saturated rings. The lowest BCUT2D eigenvalue weighted by Gasteiger charge is -2.44. The van der Waals surface area contributed by atoms with Gasteiger partial charge >= 0.3 is 6.09 Å². The molecule has 5 nitrogen and oxygen atoms in total. The van der Waals surface area contributed by atoms with Crippen molar-refractivity contribution in [3.8, 4) is 0 Å². The van der Waals surface area contributed by atoms with Crippen LogP contribution in [0.2, 0.25) is 0 Å². The Morgan fingerprint density at radius 3 is 2.42 bits per heavy atom. The maximum atomic E-state index is 12.0. The first kappa shape index (κ1) is 14.6. The van der Waals surface area contributed by atoms with Crippen LogP contribution in [0.1, 0.15) is 46.5 Å². The summed E-state index contributed by atoms with van der Waals surface area (Å²) in [5.74, 6) is 0. The van der Waals surface area contributed by atoms with E-state index in [0.717, 1.165) is 25.7 Å². The Balaban J connectivity index is 1.84. The number of ether oxygens (including phenoxy) is 2. The molecular weight excluding hydrogens is 246 g/mol. The van der Waals surface area contributed by atoms with E-state index in [4.69, 9.17) is 9.47 Å². The molecule has 0 bridgehead atoms. The molecule has 0 aliphatic carbocycles. The smallest absolute Gasteiger partial charge is 0.410 e. The molecule has 1 atom stereocenters. The van der Waals surface area contributed by atoms with Gasteiger partial charge in [-0.25, -0.2) is 4.79 Å². The van der Waals surface area contributed by atoms with E-state index in [1.807, 2.05) is 20.8 Å². The lowest BCUT2D eigenvalue weighted by atomic mass is 9.84. The van der Waals surface area contributed by atoms with Gasteiger partial charge in [-0.2, -0.15) is 0 Å². The minimum Gasteiger partial charge on any atom is -0.444 e. The highest BCUT2D eigenvalue weighted by Crippen LogP contribution is 2.35. The van der Waals surface area contributed by atoms with Crippen LogP contribution in [0.5, 0.6) is 0 Å². The lowest BCUT2D eigenvalue weighted by molar-refractivity contribution is -0.145. The van der Waals surface area contributed by atoms with Gasteiger partial charge in [0.15, 0.2) is 0 Å². The van der Waals surface area contributed by atoms with Crippen LogP contribution in [-0.2, 0) is 9.47 Å². The van der Waals surface area contributed by atoms with Gasteiger partial charge in [0.05, 0.1) is 18.3 Å². The molecule has 110 valence electrons. The largest absolute Gasteiger partial charge is 0.444 e. The average Bonchev–Trinajstić information content (AvgIpc) is 2.32. The number of amides is 1. The van der Waals surface area contributed by atoms with E-state index >= 15 is 0 Å². The summed E-state index contributed by atoms with van der Waals surface area (Å²) in [6.45, 7) is 7.40. The number of hydrogen-bond acceptors (Lipinski definition) is 4. The molecule has 2 rings (SSSR count). The van der Waals surface area contributed by atoms with Gasteiger partial charge in [0.25, 0.3) is 0 Å². The second-order valence-corrected chi connectivity index (χ2v) is 6.65. The normalized spacial score (nSPS) is 27.4. The highest BCUT2D eigenvalue weighted by atomic mass is 16.6. The van der Waals surface area contributed by atoms with Crippen molar-refractivity contribution in [1.29, 1.82) is 0 Å². The van der Waals surface area contributed by atoms with Gasteiger partial charge in [-0.3, -0.25) is 0 Å². The Kier molecular flexibility index (Phi) is 4.06. The maximum absolute atomic E-state index is 12.0. The molecule has 1 spiro atoms. The molecule has 0 radical (unpaired) electrons. The van der Waals surface area contributed by atoms with Crippen molar-refractivity contribution >= 4 is 6.09 Å². The molecule has 0 aromatic heterocycles. The number of carbonyl (C=O) groups excluding carboxylic acids is 1. The quantitative estimate of drug-likeness (QED) is 0.731. The third-order valence-corrected chi connectivity index (χ3v) is 3.84. The molecular formula is C14H25NO4. The predicted octanol–water partition coefficient (Wildman–Crippen LogP) is 1.93. The number of rotatable bonds is 0. The summed E-state index contributed by atoms with van der Waals surface area (Å²) >= 11 is 0. The second-order valence-electron chi connectivity index (χ2n) is 6.65. The van der Waals surface area contributed by atoms with E-state index in [-0.39, 0.29) is 17.8 Å². The van der Waals surface area contributed by atoms with Crippen molar-refractivity contribution in [3.63, 3.8) is 0 Å². The number of piperidine rings is 1. The monoisotopic (exact) mass is 271 g/mol. The fraction of sp³-hybridized carbons (Fsp3) is 0.929. The van der Waals surface area contributed by atoms with E-state index in [2.05, 4.69) is 0 Å². The molecule has 2 aliphatic rings. The van der Waals surface area contributed by atoms with Crippen molar-refractivity contribution in [3.05, 3.63) is 0 Å². The first-order chi connectivity index (χ1) is 8.80. The number of carbonyl (C=O) groups is 1. The van der Waals surface area contributed by atoms with E-state index in [9.17, 15) is 9.90 Å². The van der Waals surface area contributed by atoms with Crippen molar-refractivity contribution in [2.24, 2.45) is 0 Å². The molecule has 1 N–H and O–H groups in total. The zero-order valence-electron chi connectivity index (χ0n) is 12.1.